The first-order valence-corrected chi connectivity index (χ1v) is 5.55. The third-order valence-electron chi connectivity index (χ3n) is 2.68. The van der Waals surface area contributed by atoms with Crippen LogP contribution in [0.5, 0.6) is 0 Å². The molecule has 0 radical (unpaired) electrons. The Morgan fingerprint density at radius 2 is 2.21 bits per heavy atom. The predicted molar refractivity (Wildman–Crippen MR) is 59.0 cm³/mol. The van der Waals surface area contributed by atoms with Crippen LogP contribution in [-0.2, 0) is 4.79 Å². The van der Waals surface area contributed by atoms with Crippen LogP contribution in [0.15, 0.2) is 11.8 Å². The Labute approximate surface area is 86.8 Å². The van der Waals surface area contributed by atoms with Gasteiger partial charge < -0.3 is 5.32 Å². The smallest absolute Gasteiger partial charge is 0.178 e. The van der Waals surface area contributed by atoms with E-state index in [4.69, 9.17) is 0 Å². The van der Waals surface area contributed by atoms with Crippen LogP contribution < -0.4 is 5.32 Å². The van der Waals surface area contributed by atoms with Crippen molar-refractivity contribution in [3.8, 4) is 0 Å². The lowest BCUT2D eigenvalue weighted by Gasteiger charge is -2.26. The zero-order chi connectivity index (χ0) is 10.6. The highest BCUT2D eigenvalue weighted by atomic mass is 16.1. The molecule has 80 valence electrons. The number of carbonyl (C=O) groups is 1. The molecule has 0 heterocycles. The molecule has 0 unspecified atom stereocenters. The maximum atomic E-state index is 11.5. The highest BCUT2D eigenvalue weighted by Gasteiger charge is 2.25. The summed E-state index contributed by atoms with van der Waals surface area (Å²) < 4.78 is 0. The first-order chi connectivity index (χ1) is 6.55. The van der Waals surface area contributed by atoms with Gasteiger partial charge in [0.15, 0.2) is 5.78 Å². The minimum Gasteiger partial charge on any atom is -0.382 e. The zero-order valence-corrected chi connectivity index (χ0v) is 9.52. The van der Waals surface area contributed by atoms with Gasteiger partial charge in [0.05, 0.1) is 5.70 Å². The van der Waals surface area contributed by atoms with Crippen molar-refractivity contribution >= 4 is 5.78 Å². The molecule has 2 heteroatoms. The van der Waals surface area contributed by atoms with Gasteiger partial charge in [0, 0.05) is 13.0 Å². The highest BCUT2D eigenvalue weighted by molar-refractivity contribution is 5.95. The average molecular weight is 195 g/mol. The second-order valence-electron chi connectivity index (χ2n) is 4.75. The molecule has 0 fully saturated rings. The summed E-state index contributed by atoms with van der Waals surface area (Å²) in [5, 5.41) is 3.24. The quantitative estimate of drug-likeness (QED) is 0.699. The Bertz CT molecular complexity index is 241. The van der Waals surface area contributed by atoms with Crippen molar-refractivity contribution in [2.24, 2.45) is 5.41 Å². The largest absolute Gasteiger partial charge is 0.382 e. The van der Waals surface area contributed by atoms with E-state index in [-0.39, 0.29) is 11.2 Å². The Morgan fingerprint density at radius 1 is 1.50 bits per heavy atom. The standard InChI is InChI=1S/C12H21NO/c1-4-5-8-13-10-9-12(2,3)7-6-11(10)14/h9,13H,4-8H2,1-3H3. The van der Waals surface area contributed by atoms with Gasteiger partial charge in [-0.1, -0.05) is 33.3 Å². The molecule has 0 saturated heterocycles. The molecule has 1 rings (SSSR count). The molecule has 1 aliphatic rings. The molecule has 1 N–H and O–H groups in total. The summed E-state index contributed by atoms with van der Waals surface area (Å²) in [4.78, 5) is 11.5. The highest BCUT2D eigenvalue weighted by Crippen LogP contribution is 2.30. The maximum absolute atomic E-state index is 11.5. The first-order valence-electron chi connectivity index (χ1n) is 5.55. The summed E-state index contributed by atoms with van der Waals surface area (Å²) in [5.74, 6) is 0.278. The van der Waals surface area contributed by atoms with Gasteiger partial charge in [-0.3, -0.25) is 4.79 Å². The van der Waals surface area contributed by atoms with Gasteiger partial charge in [0.1, 0.15) is 0 Å². The lowest BCUT2D eigenvalue weighted by Crippen LogP contribution is -2.28. The molecule has 0 aliphatic heterocycles. The second kappa shape index (κ2) is 4.63. The van der Waals surface area contributed by atoms with Crippen LogP contribution in [0.2, 0.25) is 0 Å². The molecule has 0 saturated carbocycles. The molecule has 2 nitrogen and oxygen atoms in total. The van der Waals surface area contributed by atoms with Crippen LogP contribution in [0.25, 0.3) is 0 Å². The van der Waals surface area contributed by atoms with Crippen molar-refractivity contribution in [2.45, 2.75) is 46.5 Å². The van der Waals surface area contributed by atoms with Crippen molar-refractivity contribution in [1.29, 1.82) is 0 Å². The first kappa shape index (κ1) is 11.3. The van der Waals surface area contributed by atoms with Gasteiger partial charge in [0.2, 0.25) is 0 Å². The van der Waals surface area contributed by atoms with Crippen molar-refractivity contribution in [3.63, 3.8) is 0 Å². The normalized spacial score (nSPS) is 20.5. The molecule has 0 aromatic heterocycles. The SMILES string of the molecule is CCCCNC1=CC(C)(C)CCC1=O. The Balaban J connectivity index is 2.55. The third-order valence-corrected chi connectivity index (χ3v) is 2.68. The minimum atomic E-state index is 0.183. The van der Waals surface area contributed by atoms with Crippen LogP contribution >= 0.6 is 0 Å². The van der Waals surface area contributed by atoms with Crippen LogP contribution in [0, 0.1) is 5.41 Å². The molecule has 1 aliphatic carbocycles. The third kappa shape index (κ3) is 3.17. The van der Waals surface area contributed by atoms with E-state index in [1.54, 1.807) is 0 Å². The van der Waals surface area contributed by atoms with Crippen molar-refractivity contribution in [1.82, 2.24) is 5.32 Å². The fourth-order valence-corrected chi connectivity index (χ4v) is 1.66. The van der Waals surface area contributed by atoms with E-state index in [0.717, 1.165) is 31.5 Å². The lowest BCUT2D eigenvalue weighted by molar-refractivity contribution is -0.117. The lowest BCUT2D eigenvalue weighted by atomic mass is 9.81. The van der Waals surface area contributed by atoms with Crippen LogP contribution in [0.4, 0.5) is 0 Å². The van der Waals surface area contributed by atoms with E-state index in [1.807, 2.05) is 0 Å². The van der Waals surface area contributed by atoms with E-state index < -0.39 is 0 Å². The van der Waals surface area contributed by atoms with Crippen molar-refractivity contribution < 1.29 is 4.79 Å². The number of allylic oxidation sites excluding steroid dienone is 2. The summed E-state index contributed by atoms with van der Waals surface area (Å²) in [6.45, 7) is 7.44. The molecule has 14 heavy (non-hydrogen) atoms. The fourth-order valence-electron chi connectivity index (χ4n) is 1.66. The number of ketones is 1. The van der Waals surface area contributed by atoms with Crippen molar-refractivity contribution in [3.05, 3.63) is 11.8 Å². The molecule has 0 aromatic carbocycles. The van der Waals surface area contributed by atoms with E-state index >= 15 is 0 Å². The monoisotopic (exact) mass is 195 g/mol. The van der Waals surface area contributed by atoms with Gasteiger partial charge in [-0.2, -0.15) is 0 Å². The number of hydrogen-bond acceptors (Lipinski definition) is 2. The van der Waals surface area contributed by atoms with Crippen LogP contribution in [-0.4, -0.2) is 12.3 Å². The number of rotatable bonds is 4. The summed E-state index contributed by atoms with van der Waals surface area (Å²) in [7, 11) is 0. The number of Topliss-reactive ketones (excluding diaryl/α,β-unsaturated/α-hetero) is 1. The summed E-state index contributed by atoms with van der Waals surface area (Å²) in [6.07, 6.45) is 6.06. The Kier molecular flexibility index (Phi) is 3.73. The number of unbranched alkanes of at least 4 members (excludes halogenated alkanes) is 1. The molecular weight excluding hydrogens is 174 g/mol. The van der Waals surface area contributed by atoms with Crippen LogP contribution in [0.1, 0.15) is 46.5 Å². The fraction of sp³-hybridized carbons (Fsp3) is 0.750. The van der Waals surface area contributed by atoms with Gasteiger partial charge >= 0.3 is 0 Å². The second-order valence-corrected chi connectivity index (χ2v) is 4.75. The van der Waals surface area contributed by atoms with Crippen LogP contribution in [0.3, 0.4) is 0 Å². The van der Waals surface area contributed by atoms with Gasteiger partial charge in [0.25, 0.3) is 0 Å². The maximum Gasteiger partial charge on any atom is 0.178 e. The Morgan fingerprint density at radius 3 is 2.86 bits per heavy atom. The topological polar surface area (TPSA) is 29.1 Å². The zero-order valence-electron chi connectivity index (χ0n) is 9.52. The molecule has 0 amide bonds. The van der Waals surface area contributed by atoms with E-state index in [0.29, 0.717) is 6.42 Å². The van der Waals surface area contributed by atoms with Gasteiger partial charge in [-0.15, -0.1) is 0 Å². The number of nitrogens with one attached hydrogen (secondary N) is 1. The minimum absolute atomic E-state index is 0.183. The van der Waals surface area contributed by atoms with E-state index in [9.17, 15) is 4.79 Å². The average Bonchev–Trinajstić information content (AvgIpc) is 2.11. The molecular formula is C12H21NO. The van der Waals surface area contributed by atoms with Crippen molar-refractivity contribution in [2.75, 3.05) is 6.54 Å². The summed E-state index contributed by atoms with van der Waals surface area (Å²) in [6, 6.07) is 0. The Hall–Kier alpha value is -0.790. The summed E-state index contributed by atoms with van der Waals surface area (Å²) >= 11 is 0. The van der Waals surface area contributed by atoms with Gasteiger partial charge in [-0.05, 0) is 18.3 Å². The number of hydrogen-bond donors (Lipinski definition) is 1. The van der Waals surface area contributed by atoms with E-state index in [1.165, 1.54) is 0 Å². The molecule has 0 bridgehead atoms. The number of carbonyl (C=O) groups excluding carboxylic acids is 1. The molecule has 0 aromatic rings. The molecule has 0 spiro atoms. The van der Waals surface area contributed by atoms with E-state index in [2.05, 4.69) is 32.2 Å². The molecule has 0 atom stereocenters. The van der Waals surface area contributed by atoms with Gasteiger partial charge in [-0.25, -0.2) is 0 Å². The summed E-state index contributed by atoms with van der Waals surface area (Å²) in [5.41, 5.74) is 1.03. The predicted octanol–water partition coefficient (Wildman–Crippen LogP) is 2.65.